The highest BCUT2D eigenvalue weighted by atomic mass is 19.4. The highest BCUT2D eigenvalue weighted by Crippen LogP contribution is 2.43. The van der Waals surface area contributed by atoms with Crippen LogP contribution in [-0.2, 0) is 52.7 Å². The molecule has 2 saturated heterocycles. The molecule has 3 aliphatic carbocycles. The second-order valence-electron chi connectivity index (χ2n) is 28.0. The molecule has 5 aliphatic rings. The van der Waals surface area contributed by atoms with Gasteiger partial charge in [-0.1, -0.05) is 92.9 Å². The van der Waals surface area contributed by atoms with Crippen LogP contribution in [0.2, 0.25) is 0 Å². The highest BCUT2D eigenvalue weighted by molar-refractivity contribution is 5.99. The van der Waals surface area contributed by atoms with E-state index in [1.165, 1.54) is 73.8 Å². The van der Waals surface area contributed by atoms with Gasteiger partial charge < -0.3 is 55.1 Å². The Balaban J connectivity index is 1.54. The Hall–Kier alpha value is -6.11. The lowest BCUT2D eigenvalue weighted by Crippen LogP contribution is -2.64. The van der Waals surface area contributed by atoms with Crippen LogP contribution in [0.1, 0.15) is 177 Å². The van der Waals surface area contributed by atoms with Gasteiger partial charge in [-0.05, 0) is 107 Å². The van der Waals surface area contributed by atoms with E-state index in [1.807, 2.05) is 20.8 Å². The topological polar surface area (TPSA) is 250 Å². The van der Waals surface area contributed by atoms with Gasteiger partial charge in [-0.2, -0.15) is 13.2 Å². The fourth-order valence-corrected chi connectivity index (χ4v) is 14.2. The second-order valence-corrected chi connectivity index (χ2v) is 28.0. The molecule has 5 fully saturated rings. The Labute approximate surface area is 536 Å². The minimum atomic E-state index is -4.74. The molecule has 2 aliphatic heterocycles. The van der Waals surface area contributed by atoms with E-state index in [0.717, 1.165) is 46.8 Å². The molecule has 0 aromatic heterocycles. The molecule has 11 atom stereocenters. The molecule has 0 aromatic rings. The molecule has 11 amide bonds. The van der Waals surface area contributed by atoms with Crippen molar-refractivity contribution in [1.29, 1.82) is 0 Å². The largest absolute Gasteiger partial charge is 0.394 e. The van der Waals surface area contributed by atoms with Gasteiger partial charge in [-0.3, -0.25) is 52.7 Å². The number of nitrogens with one attached hydrogen (secondary N) is 3. The maximum Gasteiger partial charge on any atom is 0.394 e. The van der Waals surface area contributed by atoms with Gasteiger partial charge in [-0.25, -0.2) is 4.39 Å². The average molecular weight is 1290 g/mol. The molecule has 1 spiro atoms. The van der Waals surface area contributed by atoms with Gasteiger partial charge in [0.1, 0.15) is 48.0 Å². The Morgan fingerprint density at radius 1 is 0.593 bits per heavy atom. The molecule has 26 heteroatoms. The Morgan fingerprint density at radius 2 is 1.20 bits per heavy atom. The third kappa shape index (κ3) is 19.5. The molecular weight excluding hydrogens is 1190 g/mol. The summed E-state index contributed by atoms with van der Waals surface area (Å²) < 4.78 is 56.5. The predicted molar refractivity (Wildman–Crippen MR) is 333 cm³/mol. The fraction of sp³-hybridized carbons (Fsp3) is 0.831. The maximum atomic E-state index is 15.2. The number of halogens is 4. The number of hydrogen-bond acceptors (Lipinski definition) is 11. The Kier molecular flexibility index (Phi) is 27.5. The molecular formula is C65H107F4N11O11. The van der Waals surface area contributed by atoms with Crippen molar-refractivity contribution in [3.63, 3.8) is 0 Å². The minimum Gasteiger partial charge on any atom is -0.343 e. The lowest BCUT2D eigenvalue weighted by atomic mass is 9.78. The van der Waals surface area contributed by atoms with Crippen LogP contribution in [0.5, 0.6) is 0 Å². The maximum absolute atomic E-state index is 15.2. The third-order valence-corrected chi connectivity index (χ3v) is 20.3. The first-order valence-electron chi connectivity index (χ1n) is 33.3. The first-order valence-corrected chi connectivity index (χ1v) is 33.3. The standard InChI is InChI=1S/C65H107F4N11O11/c1-15-41(6)55-61(89)75(10)37-53(83)73(8)38-54(84)78(13)50(35-43-22-17-16-18-23-43)60(88)74(9)36-51(81)70-47(28-26-44-25-27-45(46(66)34-44)65(67,68)69)59(87)80-31-21-24-48(80)58(86)72-64(29-19-20-30-64)63(91)79(14)56(40(4)5)62(90)76(11)42(7)33-52(82)77(12)49(32-39(2)3)57(85)71-55/h39-50,55-56H,15-38H2,1-14H3,(H,70,81)(H,71,85)(H,72,86)/t41-,42+,44?,45?,46?,47-,48-,49-,50-,55-,56-/m0/s1. The Morgan fingerprint density at radius 3 is 1.78 bits per heavy atom. The van der Waals surface area contributed by atoms with E-state index in [0.29, 0.717) is 25.7 Å². The Bertz CT molecular complexity index is 2580. The first-order chi connectivity index (χ1) is 42.5. The van der Waals surface area contributed by atoms with E-state index in [2.05, 4.69) is 16.0 Å². The van der Waals surface area contributed by atoms with E-state index in [1.54, 1.807) is 27.7 Å². The second kappa shape index (κ2) is 33.1. The van der Waals surface area contributed by atoms with Crippen LogP contribution < -0.4 is 16.0 Å². The average Bonchev–Trinajstić information content (AvgIpc) is 1.76. The number of fused-ring (bicyclic) bond motifs is 1. The zero-order valence-corrected chi connectivity index (χ0v) is 56.6. The fourth-order valence-electron chi connectivity index (χ4n) is 14.2. The lowest BCUT2D eigenvalue weighted by Gasteiger charge is -2.41. The van der Waals surface area contributed by atoms with Gasteiger partial charge in [-0.15, -0.1) is 0 Å². The van der Waals surface area contributed by atoms with E-state index >= 15 is 14.0 Å². The van der Waals surface area contributed by atoms with E-state index in [-0.39, 0.29) is 76.2 Å². The number of alkyl halides is 4. The first kappa shape index (κ1) is 75.6. The summed E-state index contributed by atoms with van der Waals surface area (Å²) in [7, 11) is 10.1. The summed E-state index contributed by atoms with van der Waals surface area (Å²) in [5.41, 5.74) is -1.50. The lowest BCUT2D eigenvalue weighted by molar-refractivity contribution is -0.201. The number of hydrogen-bond donors (Lipinski definition) is 3. The summed E-state index contributed by atoms with van der Waals surface area (Å²) in [6, 6.07) is -7.69. The number of carbonyl (C=O) groups excluding carboxylic acids is 11. The van der Waals surface area contributed by atoms with Crippen LogP contribution in [0.15, 0.2) is 0 Å². The molecule has 91 heavy (non-hydrogen) atoms. The van der Waals surface area contributed by atoms with Crippen LogP contribution in [-0.4, -0.2) is 240 Å². The number of nitrogens with zero attached hydrogens (tertiary/aromatic N) is 8. The van der Waals surface area contributed by atoms with Crippen molar-refractivity contribution in [2.45, 2.75) is 237 Å². The van der Waals surface area contributed by atoms with Crippen LogP contribution >= 0.6 is 0 Å². The van der Waals surface area contributed by atoms with Crippen molar-refractivity contribution >= 4 is 65.0 Å². The van der Waals surface area contributed by atoms with E-state index in [9.17, 15) is 56.3 Å². The molecule has 0 bridgehead atoms. The number of rotatable bonds is 10. The molecule has 5 rings (SSSR count). The normalized spacial score (nSPS) is 29.8. The van der Waals surface area contributed by atoms with Crippen molar-refractivity contribution in [3.05, 3.63) is 0 Å². The molecule has 22 nitrogen and oxygen atoms in total. The number of amides is 11. The summed E-state index contributed by atoms with van der Waals surface area (Å²) >= 11 is 0. The zero-order chi connectivity index (χ0) is 68.1. The monoisotopic (exact) mass is 1290 g/mol. The molecule has 2 heterocycles. The van der Waals surface area contributed by atoms with Crippen molar-refractivity contribution in [2.24, 2.45) is 35.5 Å². The third-order valence-electron chi connectivity index (χ3n) is 20.3. The molecule has 3 unspecified atom stereocenters. The summed E-state index contributed by atoms with van der Waals surface area (Å²) in [5.74, 6) is -10.4. The van der Waals surface area contributed by atoms with Gasteiger partial charge >= 0.3 is 6.18 Å². The molecule has 0 radical (unpaired) electrons. The molecule has 3 saturated carbocycles. The SMILES string of the molecule is CC[C@H](C)[C@@H]1NC(=O)[C@H](CC(C)C)N(C)C(=O)C[C@@H](C)N(C)C(=O)[C@H](C(C)C)N(C)C(=O)C2(CCCC2)NC(=O)[C@@H]2CCCN2C(=O)[C@H](CCC2CCC(C(F)(F)F)C(F)C2)NC(=O)CN(C)C(=O)[C@H](CC2CCCCC2)N(C)C(=O)CN(C)C(=O)CN(C)C1=O. The van der Waals surface area contributed by atoms with Crippen LogP contribution in [0, 0.1) is 35.5 Å². The van der Waals surface area contributed by atoms with Crippen LogP contribution in [0.3, 0.4) is 0 Å². The number of likely N-dealkylation sites (N-methyl/N-ethyl adjacent to an activating group) is 7. The van der Waals surface area contributed by atoms with Gasteiger partial charge in [0, 0.05) is 68.3 Å². The number of carbonyl (C=O) groups is 11. The van der Waals surface area contributed by atoms with Crippen molar-refractivity contribution in [1.82, 2.24) is 55.1 Å². The zero-order valence-electron chi connectivity index (χ0n) is 56.6. The van der Waals surface area contributed by atoms with Crippen LogP contribution in [0.25, 0.3) is 0 Å². The van der Waals surface area contributed by atoms with Gasteiger partial charge in [0.2, 0.25) is 65.0 Å². The van der Waals surface area contributed by atoms with Crippen molar-refractivity contribution < 1.29 is 70.3 Å². The van der Waals surface area contributed by atoms with Gasteiger partial charge in [0.25, 0.3) is 0 Å². The summed E-state index contributed by atoms with van der Waals surface area (Å²) in [6.45, 7) is 11.0. The highest BCUT2D eigenvalue weighted by Gasteiger charge is 2.51. The molecule has 0 aromatic carbocycles. The predicted octanol–water partition coefficient (Wildman–Crippen LogP) is 5.30. The summed E-state index contributed by atoms with van der Waals surface area (Å²) in [4.78, 5) is 170. The van der Waals surface area contributed by atoms with E-state index < -0.39 is 181 Å². The van der Waals surface area contributed by atoms with Crippen molar-refractivity contribution in [2.75, 3.05) is 75.5 Å². The smallest absolute Gasteiger partial charge is 0.343 e. The minimum absolute atomic E-state index is 0.0137. The molecule has 516 valence electrons. The van der Waals surface area contributed by atoms with Crippen molar-refractivity contribution in [3.8, 4) is 0 Å². The van der Waals surface area contributed by atoms with Crippen LogP contribution in [0.4, 0.5) is 17.6 Å². The summed E-state index contributed by atoms with van der Waals surface area (Å²) in [6.07, 6.45) is -0.837. The van der Waals surface area contributed by atoms with Gasteiger partial charge in [0.05, 0.1) is 25.6 Å². The van der Waals surface area contributed by atoms with E-state index in [4.69, 9.17) is 0 Å². The quantitative estimate of drug-likeness (QED) is 0.237. The summed E-state index contributed by atoms with van der Waals surface area (Å²) in [5, 5.41) is 8.67. The van der Waals surface area contributed by atoms with Gasteiger partial charge in [0.15, 0.2) is 0 Å². The molecule has 3 N–H and O–H groups in total.